The molecule has 0 saturated heterocycles. The fourth-order valence-corrected chi connectivity index (χ4v) is 7.70. The summed E-state index contributed by atoms with van der Waals surface area (Å²) in [4.78, 5) is 0. The van der Waals surface area contributed by atoms with Gasteiger partial charge in [-0.3, -0.25) is 4.70 Å². The van der Waals surface area contributed by atoms with Crippen LogP contribution in [0, 0.1) is 0 Å². The van der Waals surface area contributed by atoms with Crippen LogP contribution in [0.4, 0.5) is 4.70 Å². The molecule has 0 aromatic heterocycles. The van der Waals surface area contributed by atoms with Crippen molar-refractivity contribution in [3.63, 3.8) is 0 Å². The Bertz CT molecular complexity index is 85.4. The molecule has 2 heteroatoms. The Balaban J connectivity index is 0. The van der Waals surface area contributed by atoms with E-state index in [2.05, 4.69) is 27.7 Å². The maximum absolute atomic E-state index is 2.36. The van der Waals surface area contributed by atoms with Gasteiger partial charge in [0, 0.05) is 7.26 Å². The summed E-state index contributed by atoms with van der Waals surface area (Å²) in [7, 11) is -0.496. The van der Waals surface area contributed by atoms with Crippen LogP contribution in [-0.4, -0.2) is 24.6 Å². The molecule has 0 aliphatic heterocycles. The molecular formula is C12H29FP+. The highest BCUT2D eigenvalue weighted by Gasteiger charge is 2.32. The van der Waals surface area contributed by atoms with E-state index in [1.165, 1.54) is 25.7 Å². The number of rotatable bonds is 8. The van der Waals surface area contributed by atoms with Crippen molar-refractivity contribution in [1.82, 2.24) is 0 Å². The van der Waals surface area contributed by atoms with Gasteiger partial charge in [-0.25, -0.2) is 0 Å². The first-order valence-corrected chi connectivity index (χ1v) is 8.62. The minimum absolute atomic E-state index is 0. The van der Waals surface area contributed by atoms with Crippen LogP contribution in [0.3, 0.4) is 0 Å². The SMILES string of the molecule is CCC[P+](CCC)(CCC)CCC.F. The van der Waals surface area contributed by atoms with Gasteiger partial charge >= 0.3 is 0 Å². The second-order valence-electron chi connectivity index (χ2n) is 4.24. The smallest absolute Gasteiger partial charge is 0.0591 e. The van der Waals surface area contributed by atoms with Crippen molar-refractivity contribution in [2.24, 2.45) is 0 Å². The lowest BCUT2D eigenvalue weighted by Gasteiger charge is -2.26. The molecule has 0 aromatic rings. The Morgan fingerprint density at radius 2 is 0.786 bits per heavy atom. The van der Waals surface area contributed by atoms with E-state index in [-0.39, 0.29) is 4.70 Å². The molecule has 0 atom stereocenters. The van der Waals surface area contributed by atoms with Gasteiger partial charge in [0.25, 0.3) is 0 Å². The van der Waals surface area contributed by atoms with E-state index >= 15 is 0 Å². The van der Waals surface area contributed by atoms with E-state index in [4.69, 9.17) is 0 Å². The molecule has 88 valence electrons. The van der Waals surface area contributed by atoms with Crippen LogP contribution in [0.2, 0.25) is 0 Å². The number of halogens is 1. The molecule has 0 aliphatic carbocycles. The third-order valence-electron chi connectivity index (χ3n) is 2.79. The Morgan fingerprint density at radius 3 is 0.929 bits per heavy atom. The van der Waals surface area contributed by atoms with Crippen molar-refractivity contribution in [2.45, 2.75) is 53.4 Å². The molecule has 0 aromatic carbocycles. The van der Waals surface area contributed by atoms with E-state index in [1.807, 2.05) is 0 Å². The third kappa shape index (κ3) is 5.96. The molecular weight excluding hydrogens is 194 g/mol. The first-order valence-electron chi connectivity index (χ1n) is 6.09. The van der Waals surface area contributed by atoms with Crippen LogP contribution in [0.15, 0.2) is 0 Å². The summed E-state index contributed by atoms with van der Waals surface area (Å²) in [6.45, 7) is 9.43. The first-order chi connectivity index (χ1) is 6.24. The monoisotopic (exact) mass is 223 g/mol. The highest BCUT2D eigenvalue weighted by Crippen LogP contribution is 2.60. The molecule has 0 N–H and O–H groups in total. The summed E-state index contributed by atoms with van der Waals surface area (Å²) in [5.41, 5.74) is 0. The maximum atomic E-state index is 2.36. The summed E-state index contributed by atoms with van der Waals surface area (Å²) in [5, 5.41) is 0. The minimum atomic E-state index is -0.496. The van der Waals surface area contributed by atoms with Crippen LogP contribution >= 0.6 is 7.26 Å². The zero-order valence-electron chi connectivity index (χ0n) is 10.5. The Labute approximate surface area is 90.6 Å². The van der Waals surface area contributed by atoms with E-state index in [0.717, 1.165) is 0 Å². The van der Waals surface area contributed by atoms with Crippen LogP contribution in [0.25, 0.3) is 0 Å². The van der Waals surface area contributed by atoms with E-state index in [1.54, 1.807) is 24.6 Å². The van der Waals surface area contributed by atoms with Crippen molar-refractivity contribution in [3.8, 4) is 0 Å². The summed E-state index contributed by atoms with van der Waals surface area (Å²) in [5.74, 6) is 0. The normalized spacial score (nSPS) is 11.1. The molecule has 0 nitrogen and oxygen atoms in total. The summed E-state index contributed by atoms with van der Waals surface area (Å²) >= 11 is 0. The van der Waals surface area contributed by atoms with Crippen molar-refractivity contribution in [2.75, 3.05) is 24.6 Å². The quantitative estimate of drug-likeness (QED) is 0.519. The van der Waals surface area contributed by atoms with Crippen molar-refractivity contribution >= 4 is 7.26 Å². The van der Waals surface area contributed by atoms with Gasteiger partial charge in [-0.2, -0.15) is 0 Å². The zero-order valence-corrected chi connectivity index (χ0v) is 11.4. The molecule has 0 bridgehead atoms. The van der Waals surface area contributed by atoms with Gasteiger partial charge in [-0.15, -0.1) is 0 Å². The molecule has 0 unspecified atom stereocenters. The van der Waals surface area contributed by atoms with Gasteiger partial charge in [-0.1, -0.05) is 27.7 Å². The molecule has 0 spiro atoms. The predicted molar refractivity (Wildman–Crippen MR) is 70.1 cm³/mol. The van der Waals surface area contributed by atoms with E-state index < -0.39 is 7.26 Å². The summed E-state index contributed by atoms with van der Waals surface area (Å²) < 4.78 is 0. The summed E-state index contributed by atoms with van der Waals surface area (Å²) in [6, 6.07) is 0. The fourth-order valence-electron chi connectivity index (χ4n) is 2.57. The van der Waals surface area contributed by atoms with Crippen LogP contribution in [0.1, 0.15) is 53.4 Å². The molecule has 0 radical (unpaired) electrons. The number of hydrogen-bond donors (Lipinski definition) is 0. The van der Waals surface area contributed by atoms with Crippen molar-refractivity contribution in [3.05, 3.63) is 0 Å². The van der Waals surface area contributed by atoms with Crippen molar-refractivity contribution < 1.29 is 4.70 Å². The second-order valence-corrected chi connectivity index (χ2v) is 8.71. The van der Waals surface area contributed by atoms with Gasteiger partial charge < -0.3 is 0 Å². The molecule has 0 saturated carbocycles. The summed E-state index contributed by atoms with van der Waals surface area (Å²) in [6.07, 6.45) is 11.9. The second kappa shape index (κ2) is 9.90. The van der Waals surface area contributed by atoms with Crippen LogP contribution in [-0.2, 0) is 0 Å². The minimum Gasteiger partial charge on any atom is -0.269 e. The Kier molecular flexibility index (Phi) is 11.9. The van der Waals surface area contributed by atoms with Crippen LogP contribution in [0.5, 0.6) is 0 Å². The first kappa shape index (κ1) is 16.8. The Hall–Kier alpha value is 0.360. The lowest BCUT2D eigenvalue weighted by molar-refractivity contribution is 0.963. The van der Waals surface area contributed by atoms with Gasteiger partial charge in [0.1, 0.15) is 0 Å². The highest BCUT2D eigenvalue weighted by atomic mass is 31.2. The lowest BCUT2D eigenvalue weighted by atomic mass is 10.5. The van der Waals surface area contributed by atoms with Gasteiger partial charge in [0.05, 0.1) is 24.6 Å². The molecule has 0 aliphatic rings. The average molecular weight is 223 g/mol. The van der Waals surface area contributed by atoms with Gasteiger partial charge in [0.2, 0.25) is 0 Å². The molecule has 0 heterocycles. The fraction of sp³-hybridized carbons (Fsp3) is 1.00. The third-order valence-corrected chi connectivity index (χ3v) is 8.38. The van der Waals surface area contributed by atoms with Crippen LogP contribution < -0.4 is 0 Å². The van der Waals surface area contributed by atoms with E-state index in [0.29, 0.717) is 0 Å². The molecule has 0 amide bonds. The molecule has 0 fully saturated rings. The lowest BCUT2D eigenvalue weighted by Crippen LogP contribution is -2.10. The molecule has 0 rings (SSSR count). The average Bonchev–Trinajstić information content (AvgIpc) is 2.06. The topological polar surface area (TPSA) is 0 Å². The highest BCUT2D eigenvalue weighted by molar-refractivity contribution is 7.75. The molecule has 14 heavy (non-hydrogen) atoms. The maximum Gasteiger partial charge on any atom is 0.0591 e. The van der Waals surface area contributed by atoms with Crippen molar-refractivity contribution in [1.29, 1.82) is 0 Å². The Morgan fingerprint density at radius 1 is 0.571 bits per heavy atom. The van der Waals surface area contributed by atoms with Gasteiger partial charge in [0.15, 0.2) is 0 Å². The zero-order chi connectivity index (χ0) is 10.2. The predicted octanol–water partition coefficient (Wildman–Crippen LogP) is 4.80. The van der Waals surface area contributed by atoms with E-state index in [9.17, 15) is 0 Å². The largest absolute Gasteiger partial charge is 0.269 e. The van der Waals surface area contributed by atoms with Gasteiger partial charge in [-0.05, 0) is 25.7 Å². The number of hydrogen-bond acceptors (Lipinski definition) is 0. The standard InChI is InChI=1S/C12H28P.FH/c1-5-9-13(10-6-2,11-7-3)12-8-4;/h5-12H2,1-4H3;1H/q+1;.